The summed E-state index contributed by atoms with van der Waals surface area (Å²) in [5, 5.41) is 8.83. The van der Waals surface area contributed by atoms with Crippen molar-refractivity contribution in [2.75, 3.05) is 4.90 Å². The molecule has 0 N–H and O–H groups in total. The standard InChI is InChI=1S/C15H20N2.C6H12O2/c1-3-13-9-10-14(4-2)17(13)15-7-5-12(11-16)6-8-15;1-5(7)8-6(2,3)4/h5-8,13-14H,3-4,9-10H2,1-2H3;1-4H3. The SMILES string of the molecule is CC(=O)OC(C)(C)C.CCC1CCC(CC)N1c1ccc(C#N)cc1. The molecule has 0 amide bonds. The summed E-state index contributed by atoms with van der Waals surface area (Å²) in [6.07, 6.45) is 5.01. The summed E-state index contributed by atoms with van der Waals surface area (Å²) in [6.45, 7) is 11.5. The number of hydrogen-bond acceptors (Lipinski definition) is 4. The van der Waals surface area contributed by atoms with Crippen molar-refractivity contribution in [3.05, 3.63) is 29.8 Å². The van der Waals surface area contributed by atoms with E-state index >= 15 is 0 Å². The summed E-state index contributed by atoms with van der Waals surface area (Å²) in [4.78, 5) is 12.8. The number of benzene rings is 1. The van der Waals surface area contributed by atoms with Gasteiger partial charge in [0.2, 0.25) is 0 Å². The van der Waals surface area contributed by atoms with Crippen LogP contribution in [0.5, 0.6) is 0 Å². The van der Waals surface area contributed by atoms with E-state index < -0.39 is 0 Å². The summed E-state index contributed by atoms with van der Waals surface area (Å²) in [7, 11) is 0. The summed E-state index contributed by atoms with van der Waals surface area (Å²) in [5.74, 6) is -0.225. The minimum absolute atomic E-state index is 0.225. The molecule has 1 aromatic rings. The number of rotatable bonds is 3. The second kappa shape index (κ2) is 9.46. The normalized spacial score (nSPS) is 19.6. The Morgan fingerprint density at radius 1 is 1.16 bits per heavy atom. The van der Waals surface area contributed by atoms with Crippen LogP contribution >= 0.6 is 0 Å². The average molecular weight is 344 g/mol. The fraction of sp³-hybridized carbons (Fsp3) is 0.619. The van der Waals surface area contributed by atoms with Gasteiger partial charge in [-0.05, 0) is 70.7 Å². The van der Waals surface area contributed by atoms with Gasteiger partial charge in [-0.3, -0.25) is 4.79 Å². The maximum Gasteiger partial charge on any atom is 0.303 e. The molecule has 0 saturated carbocycles. The highest BCUT2D eigenvalue weighted by atomic mass is 16.6. The van der Waals surface area contributed by atoms with Gasteiger partial charge in [-0.15, -0.1) is 0 Å². The zero-order chi connectivity index (χ0) is 19.0. The molecule has 1 aliphatic rings. The molecule has 0 radical (unpaired) electrons. The highest BCUT2D eigenvalue weighted by Crippen LogP contribution is 2.33. The molecule has 1 fully saturated rings. The Morgan fingerprint density at radius 2 is 1.64 bits per heavy atom. The first kappa shape index (κ1) is 21.0. The molecular weight excluding hydrogens is 312 g/mol. The van der Waals surface area contributed by atoms with E-state index in [0.717, 1.165) is 5.56 Å². The van der Waals surface area contributed by atoms with Crippen molar-refractivity contribution in [3.63, 3.8) is 0 Å². The molecule has 0 spiro atoms. The molecular formula is C21H32N2O2. The summed E-state index contributed by atoms with van der Waals surface area (Å²) < 4.78 is 4.80. The van der Waals surface area contributed by atoms with Gasteiger partial charge in [0, 0.05) is 24.7 Å². The van der Waals surface area contributed by atoms with Gasteiger partial charge in [-0.25, -0.2) is 0 Å². The minimum Gasteiger partial charge on any atom is -0.460 e. The number of carbonyl (C=O) groups excluding carboxylic acids is 1. The van der Waals surface area contributed by atoms with Gasteiger partial charge in [0.05, 0.1) is 11.6 Å². The number of ether oxygens (including phenoxy) is 1. The van der Waals surface area contributed by atoms with Crippen LogP contribution in [0.1, 0.15) is 72.8 Å². The topological polar surface area (TPSA) is 53.3 Å². The molecule has 0 bridgehead atoms. The molecule has 1 heterocycles. The van der Waals surface area contributed by atoms with E-state index in [1.165, 1.54) is 38.3 Å². The summed E-state index contributed by atoms with van der Waals surface area (Å²) >= 11 is 0. The first-order valence-electron chi connectivity index (χ1n) is 9.19. The molecule has 1 saturated heterocycles. The maximum absolute atomic E-state index is 10.2. The van der Waals surface area contributed by atoms with Crippen LogP contribution in [-0.4, -0.2) is 23.7 Å². The molecule has 138 valence electrons. The van der Waals surface area contributed by atoms with Gasteiger partial charge in [0.15, 0.2) is 0 Å². The molecule has 2 atom stereocenters. The van der Waals surface area contributed by atoms with E-state index in [2.05, 4.69) is 36.9 Å². The summed E-state index contributed by atoms with van der Waals surface area (Å²) in [5.41, 5.74) is 1.69. The van der Waals surface area contributed by atoms with Gasteiger partial charge in [-0.2, -0.15) is 5.26 Å². The third kappa shape index (κ3) is 6.78. The Labute approximate surface area is 152 Å². The molecule has 0 aliphatic carbocycles. The highest BCUT2D eigenvalue weighted by molar-refractivity contribution is 5.66. The lowest BCUT2D eigenvalue weighted by atomic mass is 10.1. The number of carbonyl (C=O) groups is 1. The Bertz CT molecular complexity index is 569. The molecule has 2 rings (SSSR count). The number of anilines is 1. The third-order valence-electron chi connectivity index (χ3n) is 4.31. The van der Waals surface area contributed by atoms with Crippen LogP contribution < -0.4 is 4.90 Å². The van der Waals surface area contributed by atoms with Crippen LogP contribution in [0, 0.1) is 11.3 Å². The van der Waals surface area contributed by atoms with E-state index in [0.29, 0.717) is 12.1 Å². The van der Waals surface area contributed by atoms with Gasteiger partial charge < -0.3 is 9.64 Å². The smallest absolute Gasteiger partial charge is 0.303 e. The van der Waals surface area contributed by atoms with Crippen LogP contribution in [0.15, 0.2) is 24.3 Å². The Balaban J connectivity index is 0.000000333. The van der Waals surface area contributed by atoms with Gasteiger partial charge in [-0.1, -0.05) is 13.8 Å². The van der Waals surface area contributed by atoms with Crippen molar-refractivity contribution < 1.29 is 9.53 Å². The van der Waals surface area contributed by atoms with Crippen molar-refractivity contribution in [1.82, 2.24) is 0 Å². The Morgan fingerprint density at radius 3 is 1.92 bits per heavy atom. The third-order valence-corrected chi connectivity index (χ3v) is 4.31. The predicted molar refractivity (Wildman–Crippen MR) is 103 cm³/mol. The number of nitriles is 1. The maximum atomic E-state index is 10.2. The predicted octanol–water partition coefficient (Wildman–Crippen LogP) is 5.06. The first-order valence-corrected chi connectivity index (χ1v) is 9.19. The second-order valence-corrected chi connectivity index (χ2v) is 7.47. The second-order valence-electron chi connectivity index (χ2n) is 7.47. The lowest BCUT2D eigenvalue weighted by Crippen LogP contribution is -2.35. The van der Waals surface area contributed by atoms with Gasteiger partial charge >= 0.3 is 5.97 Å². The van der Waals surface area contributed by atoms with Crippen molar-refractivity contribution in [1.29, 1.82) is 5.26 Å². The van der Waals surface area contributed by atoms with E-state index in [1.807, 2.05) is 32.9 Å². The zero-order valence-corrected chi connectivity index (χ0v) is 16.5. The Kier molecular flexibility index (Phi) is 7.96. The molecule has 4 nitrogen and oxygen atoms in total. The van der Waals surface area contributed by atoms with Gasteiger partial charge in [0.25, 0.3) is 0 Å². The minimum atomic E-state index is -0.328. The number of esters is 1. The van der Waals surface area contributed by atoms with Crippen molar-refractivity contribution in [3.8, 4) is 6.07 Å². The van der Waals surface area contributed by atoms with Crippen molar-refractivity contribution in [2.45, 2.75) is 84.9 Å². The quantitative estimate of drug-likeness (QED) is 0.719. The van der Waals surface area contributed by atoms with E-state index in [4.69, 9.17) is 10.00 Å². The molecule has 0 aromatic heterocycles. The van der Waals surface area contributed by atoms with E-state index in [-0.39, 0.29) is 11.6 Å². The summed E-state index contributed by atoms with van der Waals surface area (Å²) in [6, 6.07) is 11.6. The van der Waals surface area contributed by atoms with E-state index in [1.54, 1.807) is 0 Å². The number of nitrogens with zero attached hydrogens (tertiary/aromatic N) is 2. The molecule has 25 heavy (non-hydrogen) atoms. The van der Waals surface area contributed by atoms with Crippen molar-refractivity contribution in [2.24, 2.45) is 0 Å². The monoisotopic (exact) mass is 344 g/mol. The largest absolute Gasteiger partial charge is 0.460 e. The van der Waals surface area contributed by atoms with Gasteiger partial charge in [0.1, 0.15) is 5.60 Å². The van der Waals surface area contributed by atoms with Crippen LogP contribution in [-0.2, 0) is 9.53 Å². The zero-order valence-electron chi connectivity index (χ0n) is 16.5. The fourth-order valence-electron chi connectivity index (χ4n) is 3.32. The molecule has 4 heteroatoms. The molecule has 2 unspecified atom stereocenters. The Hall–Kier alpha value is -2.02. The first-order chi connectivity index (χ1) is 11.7. The van der Waals surface area contributed by atoms with Crippen molar-refractivity contribution >= 4 is 11.7 Å². The molecule has 1 aliphatic heterocycles. The van der Waals surface area contributed by atoms with Crippen LogP contribution in [0.2, 0.25) is 0 Å². The fourth-order valence-corrected chi connectivity index (χ4v) is 3.32. The molecule has 1 aromatic carbocycles. The highest BCUT2D eigenvalue weighted by Gasteiger charge is 2.30. The average Bonchev–Trinajstić information content (AvgIpc) is 2.96. The van der Waals surface area contributed by atoms with E-state index in [9.17, 15) is 4.79 Å². The lowest BCUT2D eigenvalue weighted by molar-refractivity contribution is -0.151. The number of hydrogen-bond donors (Lipinski definition) is 0. The lowest BCUT2D eigenvalue weighted by Gasteiger charge is -2.31. The van der Waals surface area contributed by atoms with Crippen LogP contribution in [0.4, 0.5) is 5.69 Å². The van der Waals surface area contributed by atoms with Crippen LogP contribution in [0.25, 0.3) is 0 Å². The van der Waals surface area contributed by atoms with Crippen LogP contribution in [0.3, 0.4) is 0 Å².